The summed E-state index contributed by atoms with van der Waals surface area (Å²) in [5, 5.41) is 12.4. The van der Waals surface area contributed by atoms with Crippen LogP contribution in [0.25, 0.3) is 0 Å². The fraction of sp³-hybridized carbons (Fsp3) is 0.429. The molecule has 1 aliphatic carbocycles. The second kappa shape index (κ2) is 11.5. The number of hydrogen-bond acceptors (Lipinski definition) is 6. The summed E-state index contributed by atoms with van der Waals surface area (Å²) in [6, 6.07) is 11.1. The Bertz CT molecular complexity index is 1390. The number of nitrogens with one attached hydrogen (secondary N) is 1. The van der Waals surface area contributed by atoms with Crippen LogP contribution in [0, 0.1) is 18.8 Å². The SMILES string of the molecule is CCCn1c(=O)cc(Nc2ccc(Oc3cccc(C(=O)O)c3)c(C)n2)n(C[C@H]2CC[C@H](C)CC2)c1=O. The van der Waals surface area contributed by atoms with E-state index < -0.39 is 5.97 Å². The molecule has 0 bridgehead atoms. The molecular weight excluding hydrogens is 472 g/mol. The zero-order valence-electron chi connectivity index (χ0n) is 21.6. The standard InChI is InChI=1S/C28H34N4O5/c1-4-14-31-26(33)16-25(32(28(31)36)17-20-10-8-18(2)9-11-20)30-24-13-12-23(19(3)29-24)37-22-7-5-6-21(15-22)27(34)35/h5-7,12-13,15-16,18,20H,4,8-11,14,17H2,1-3H3,(H,29,30)(H,34,35)/t18-,20-. The van der Waals surface area contributed by atoms with Crippen LogP contribution in [-0.4, -0.2) is 25.2 Å². The van der Waals surface area contributed by atoms with E-state index in [1.165, 1.54) is 22.8 Å². The van der Waals surface area contributed by atoms with Crippen molar-refractivity contribution in [3.05, 3.63) is 74.6 Å². The van der Waals surface area contributed by atoms with E-state index in [9.17, 15) is 19.5 Å². The molecular formula is C28H34N4O5. The number of benzene rings is 1. The zero-order valence-corrected chi connectivity index (χ0v) is 21.6. The van der Waals surface area contributed by atoms with E-state index in [-0.39, 0.29) is 16.8 Å². The lowest BCUT2D eigenvalue weighted by Crippen LogP contribution is -2.41. The molecule has 0 saturated heterocycles. The van der Waals surface area contributed by atoms with Crippen LogP contribution in [-0.2, 0) is 13.1 Å². The van der Waals surface area contributed by atoms with Gasteiger partial charge in [-0.3, -0.25) is 13.9 Å². The Morgan fingerprint density at radius 1 is 1.11 bits per heavy atom. The number of aromatic carboxylic acids is 1. The molecule has 0 radical (unpaired) electrons. The lowest BCUT2D eigenvalue weighted by molar-refractivity contribution is 0.0696. The van der Waals surface area contributed by atoms with Gasteiger partial charge in [0, 0.05) is 19.2 Å². The average Bonchev–Trinajstić information content (AvgIpc) is 2.87. The van der Waals surface area contributed by atoms with Gasteiger partial charge in [-0.1, -0.05) is 32.8 Å². The zero-order chi connectivity index (χ0) is 26.5. The number of aromatic nitrogens is 3. The van der Waals surface area contributed by atoms with Crippen molar-refractivity contribution in [3.63, 3.8) is 0 Å². The lowest BCUT2D eigenvalue weighted by Gasteiger charge is -2.27. The van der Waals surface area contributed by atoms with Gasteiger partial charge in [-0.15, -0.1) is 0 Å². The molecule has 4 rings (SSSR count). The monoisotopic (exact) mass is 506 g/mol. The third-order valence-corrected chi connectivity index (χ3v) is 6.90. The van der Waals surface area contributed by atoms with Gasteiger partial charge in [-0.2, -0.15) is 0 Å². The predicted octanol–water partition coefficient (Wildman–Crippen LogP) is 5.18. The maximum absolute atomic E-state index is 13.3. The van der Waals surface area contributed by atoms with Gasteiger partial charge >= 0.3 is 11.7 Å². The van der Waals surface area contributed by atoms with Crippen LogP contribution in [0.4, 0.5) is 11.6 Å². The van der Waals surface area contributed by atoms with Crippen LogP contribution < -0.4 is 21.3 Å². The topological polar surface area (TPSA) is 115 Å². The Hall–Kier alpha value is -3.88. The summed E-state index contributed by atoms with van der Waals surface area (Å²) in [7, 11) is 0. The van der Waals surface area contributed by atoms with Crippen LogP contribution in [0.1, 0.15) is 62.0 Å². The molecule has 2 aromatic heterocycles. The van der Waals surface area contributed by atoms with E-state index in [0.29, 0.717) is 60.2 Å². The van der Waals surface area contributed by atoms with Crippen molar-refractivity contribution in [1.29, 1.82) is 0 Å². The molecule has 1 saturated carbocycles. The summed E-state index contributed by atoms with van der Waals surface area (Å²) in [4.78, 5) is 41.9. The van der Waals surface area contributed by atoms with E-state index in [4.69, 9.17) is 4.74 Å². The molecule has 196 valence electrons. The fourth-order valence-electron chi connectivity index (χ4n) is 4.77. The first kappa shape index (κ1) is 26.2. The molecule has 1 fully saturated rings. The molecule has 0 unspecified atom stereocenters. The van der Waals surface area contributed by atoms with E-state index >= 15 is 0 Å². The maximum atomic E-state index is 13.3. The Kier molecular flexibility index (Phi) is 8.11. The highest BCUT2D eigenvalue weighted by Gasteiger charge is 2.21. The first-order chi connectivity index (χ1) is 17.7. The number of rotatable bonds is 9. The Morgan fingerprint density at radius 2 is 1.86 bits per heavy atom. The number of nitrogens with zero attached hydrogens (tertiary/aromatic N) is 3. The molecule has 2 N–H and O–H groups in total. The van der Waals surface area contributed by atoms with E-state index in [1.54, 1.807) is 35.8 Å². The summed E-state index contributed by atoms with van der Waals surface area (Å²) in [6.07, 6.45) is 5.11. The smallest absolute Gasteiger partial charge is 0.335 e. The number of carboxylic acid groups (broad SMARTS) is 1. The molecule has 9 heteroatoms. The third-order valence-electron chi connectivity index (χ3n) is 6.90. The highest BCUT2D eigenvalue weighted by Crippen LogP contribution is 2.30. The minimum absolute atomic E-state index is 0.129. The largest absolute Gasteiger partial charge is 0.478 e. The van der Waals surface area contributed by atoms with Crippen LogP contribution in [0.3, 0.4) is 0 Å². The minimum atomic E-state index is -1.03. The third kappa shape index (κ3) is 6.28. The Labute approximate surface area is 215 Å². The first-order valence-electron chi connectivity index (χ1n) is 12.9. The number of ether oxygens (including phenoxy) is 1. The van der Waals surface area contributed by atoms with Crippen molar-refractivity contribution in [3.8, 4) is 11.5 Å². The number of hydrogen-bond donors (Lipinski definition) is 2. The second-order valence-electron chi connectivity index (χ2n) is 9.88. The van der Waals surface area contributed by atoms with Gasteiger partial charge in [0.15, 0.2) is 0 Å². The summed E-state index contributed by atoms with van der Waals surface area (Å²) in [6.45, 7) is 6.92. The number of carboxylic acids is 1. The van der Waals surface area contributed by atoms with Crippen LogP contribution >= 0.6 is 0 Å². The van der Waals surface area contributed by atoms with E-state index in [2.05, 4.69) is 17.2 Å². The van der Waals surface area contributed by atoms with Crippen LogP contribution in [0.2, 0.25) is 0 Å². The lowest BCUT2D eigenvalue weighted by atomic mass is 9.83. The highest BCUT2D eigenvalue weighted by molar-refractivity contribution is 5.88. The molecule has 0 spiro atoms. The van der Waals surface area contributed by atoms with Gasteiger partial charge in [0.2, 0.25) is 0 Å². The van der Waals surface area contributed by atoms with Crippen LogP contribution in [0.5, 0.6) is 11.5 Å². The molecule has 3 aromatic rings. The summed E-state index contributed by atoms with van der Waals surface area (Å²) >= 11 is 0. The van der Waals surface area contributed by atoms with E-state index in [1.807, 2.05) is 6.92 Å². The molecule has 0 aliphatic heterocycles. The first-order valence-corrected chi connectivity index (χ1v) is 12.9. The predicted molar refractivity (Wildman–Crippen MR) is 142 cm³/mol. The van der Waals surface area contributed by atoms with Crippen LogP contribution in [0.15, 0.2) is 52.1 Å². The Morgan fingerprint density at radius 3 is 2.54 bits per heavy atom. The number of anilines is 2. The van der Waals surface area contributed by atoms with Gasteiger partial charge in [-0.05, 0) is 68.4 Å². The van der Waals surface area contributed by atoms with Crippen molar-refractivity contribution >= 4 is 17.6 Å². The summed E-state index contributed by atoms with van der Waals surface area (Å²) in [5.41, 5.74) is 0.0631. The quantitative estimate of drug-likeness (QED) is 0.411. The van der Waals surface area contributed by atoms with Crippen molar-refractivity contribution < 1.29 is 14.6 Å². The highest BCUT2D eigenvalue weighted by atomic mass is 16.5. The van der Waals surface area contributed by atoms with Gasteiger partial charge in [0.25, 0.3) is 5.56 Å². The maximum Gasteiger partial charge on any atom is 0.335 e. The molecule has 0 amide bonds. The normalized spacial score (nSPS) is 17.4. The molecule has 1 aromatic carbocycles. The number of pyridine rings is 1. The van der Waals surface area contributed by atoms with Gasteiger partial charge < -0.3 is 15.2 Å². The molecule has 37 heavy (non-hydrogen) atoms. The Balaban J connectivity index is 1.60. The van der Waals surface area contributed by atoms with Gasteiger partial charge in [0.1, 0.15) is 23.1 Å². The minimum Gasteiger partial charge on any atom is -0.478 e. The molecule has 2 heterocycles. The molecule has 9 nitrogen and oxygen atoms in total. The average molecular weight is 507 g/mol. The van der Waals surface area contributed by atoms with E-state index in [0.717, 1.165) is 25.7 Å². The van der Waals surface area contributed by atoms with Crippen molar-refractivity contribution in [1.82, 2.24) is 14.1 Å². The fourth-order valence-corrected chi connectivity index (χ4v) is 4.77. The second-order valence-corrected chi connectivity index (χ2v) is 9.88. The van der Waals surface area contributed by atoms with Crippen molar-refractivity contribution in [2.75, 3.05) is 5.32 Å². The number of carbonyl (C=O) groups is 1. The molecule has 1 aliphatic rings. The van der Waals surface area contributed by atoms with Crippen molar-refractivity contribution in [2.24, 2.45) is 11.8 Å². The van der Waals surface area contributed by atoms with Gasteiger partial charge in [0.05, 0.1) is 11.3 Å². The summed E-state index contributed by atoms with van der Waals surface area (Å²) < 4.78 is 8.84. The number of aryl methyl sites for hydroxylation is 1. The summed E-state index contributed by atoms with van der Waals surface area (Å²) in [5.74, 6) is 1.82. The molecule has 0 atom stereocenters. The van der Waals surface area contributed by atoms with Crippen molar-refractivity contribution in [2.45, 2.75) is 66.0 Å². The van der Waals surface area contributed by atoms with Gasteiger partial charge in [-0.25, -0.2) is 14.6 Å².